The van der Waals surface area contributed by atoms with Crippen LogP contribution in [0, 0.1) is 20.2 Å². The van der Waals surface area contributed by atoms with Crippen LogP contribution < -0.4 is 5.32 Å². The van der Waals surface area contributed by atoms with E-state index in [1.54, 1.807) is 0 Å². The molecular weight excluding hydrogens is 340 g/mol. The van der Waals surface area contributed by atoms with Gasteiger partial charge in [-0.25, -0.2) is 0 Å². The third kappa shape index (κ3) is 4.10. The first-order valence-corrected chi connectivity index (χ1v) is 9.07. The summed E-state index contributed by atoms with van der Waals surface area (Å²) in [6.45, 7) is 1.67. The van der Waals surface area contributed by atoms with Crippen molar-refractivity contribution in [3.8, 4) is 0 Å². The molecule has 2 aliphatic rings. The topological polar surface area (TPSA) is 122 Å². The summed E-state index contributed by atoms with van der Waals surface area (Å²) in [5.41, 5.74) is -0.246. The maximum atomic E-state index is 11.2. The summed E-state index contributed by atoms with van der Waals surface area (Å²) in [5, 5.41) is 35.4. The average Bonchev–Trinajstić information content (AvgIpc) is 2.63. The Morgan fingerprint density at radius 1 is 1.04 bits per heavy atom. The van der Waals surface area contributed by atoms with Gasteiger partial charge < -0.3 is 10.4 Å². The van der Waals surface area contributed by atoms with Crippen molar-refractivity contribution >= 4 is 17.1 Å². The van der Waals surface area contributed by atoms with Gasteiger partial charge in [-0.3, -0.25) is 25.1 Å². The molecule has 1 aliphatic carbocycles. The van der Waals surface area contributed by atoms with Gasteiger partial charge in [0.2, 0.25) is 0 Å². The first-order chi connectivity index (χ1) is 12.5. The van der Waals surface area contributed by atoms with E-state index in [9.17, 15) is 25.3 Å². The molecule has 1 aromatic rings. The second-order valence-corrected chi connectivity index (χ2v) is 7.09. The molecule has 2 fully saturated rings. The van der Waals surface area contributed by atoms with Gasteiger partial charge in [-0.1, -0.05) is 12.8 Å². The van der Waals surface area contributed by atoms with Crippen molar-refractivity contribution < 1.29 is 15.0 Å². The summed E-state index contributed by atoms with van der Waals surface area (Å²) >= 11 is 0. The third-order valence-corrected chi connectivity index (χ3v) is 5.44. The standard InChI is InChI=1S/C17H24N4O5/c22-17-4-2-1-3-15(17)19-9-7-12(8-10-19)18-14-6-5-13(20(23)24)11-16(14)21(25)26/h5-6,11-12,15,17-18,22H,1-4,7-10H2. The van der Waals surface area contributed by atoms with Crippen molar-refractivity contribution in [2.75, 3.05) is 18.4 Å². The number of aliphatic hydroxyl groups is 1. The van der Waals surface area contributed by atoms with Crippen LogP contribution >= 0.6 is 0 Å². The fourth-order valence-electron chi connectivity index (χ4n) is 4.02. The summed E-state index contributed by atoms with van der Waals surface area (Å²) in [6.07, 6.45) is 5.48. The van der Waals surface area contributed by atoms with Crippen molar-refractivity contribution in [1.82, 2.24) is 4.90 Å². The predicted octanol–water partition coefficient (Wildman–Crippen LogP) is 2.68. The molecule has 1 aliphatic heterocycles. The molecule has 1 saturated carbocycles. The molecule has 0 spiro atoms. The highest BCUT2D eigenvalue weighted by molar-refractivity contribution is 5.65. The predicted molar refractivity (Wildman–Crippen MR) is 96.2 cm³/mol. The Morgan fingerprint density at radius 3 is 2.35 bits per heavy atom. The van der Waals surface area contributed by atoms with Crippen LogP contribution in [0.5, 0.6) is 0 Å². The minimum absolute atomic E-state index is 0.0761. The monoisotopic (exact) mass is 364 g/mol. The number of hydrogen-bond acceptors (Lipinski definition) is 7. The molecule has 26 heavy (non-hydrogen) atoms. The molecule has 2 unspecified atom stereocenters. The Morgan fingerprint density at radius 2 is 1.73 bits per heavy atom. The Bertz CT molecular complexity index is 675. The summed E-state index contributed by atoms with van der Waals surface area (Å²) in [5.74, 6) is 0. The van der Waals surface area contributed by atoms with Gasteiger partial charge in [-0.05, 0) is 31.7 Å². The van der Waals surface area contributed by atoms with E-state index in [1.807, 2.05) is 0 Å². The summed E-state index contributed by atoms with van der Waals surface area (Å²) < 4.78 is 0. The minimum Gasteiger partial charge on any atom is -0.391 e. The SMILES string of the molecule is O=[N+]([O-])c1ccc(NC2CCN(C3CCCCC3O)CC2)c([N+](=O)[O-])c1. The van der Waals surface area contributed by atoms with Gasteiger partial charge >= 0.3 is 0 Å². The van der Waals surface area contributed by atoms with E-state index >= 15 is 0 Å². The third-order valence-electron chi connectivity index (χ3n) is 5.44. The molecular formula is C17H24N4O5. The van der Waals surface area contributed by atoms with Crippen LogP contribution in [0.2, 0.25) is 0 Å². The first kappa shape index (κ1) is 18.5. The fourth-order valence-corrected chi connectivity index (χ4v) is 4.02. The van der Waals surface area contributed by atoms with E-state index in [-0.39, 0.29) is 29.6 Å². The number of aliphatic hydroxyl groups excluding tert-OH is 1. The second kappa shape index (κ2) is 7.96. The average molecular weight is 364 g/mol. The number of nitrogens with zero attached hydrogens (tertiary/aromatic N) is 3. The van der Waals surface area contributed by atoms with Crippen LogP contribution in [0.1, 0.15) is 38.5 Å². The Hall–Kier alpha value is -2.26. The van der Waals surface area contributed by atoms with Gasteiger partial charge in [0.15, 0.2) is 0 Å². The number of likely N-dealkylation sites (tertiary alicyclic amines) is 1. The van der Waals surface area contributed by atoms with Gasteiger partial charge in [0.05, 0.1) is 22.0 Å². The van der Waals surface area contributed by atoms with Gasteiger partial charge in [0, 0.05) is 31.2 Å². The van der Waals surface area contributed by atoms with Crippen LogP contribution in [0.15, 0.2) is 18.2 Å². The molecule has 1 aromatic carbocycles. The molecule has 0 amide bonds. The lowest BCUT2D eigenvalue weighted by atomic mass is 9.89. The van der Waals surface area contributed by atoms with Crippen molar-refractivity contribution in [3.05, 3.63) is 38.4 Å². The van der Waals surface area contributed by atoms with E-state index in [2.05, 4.69) is 10.2 Å². The zero-order valence-electron chi connectivity index (χ0n) is 14.5. The lowest BCUT2D eigenvalue weighted by Crippen LogP contribution is -2.50. The molecule has 0 bridgehead atoms. The number of nitro groups is 2. The number of hydrogen-bond donors (Lipinski definition) is 2. The molecule has 9 nitrogen and oxygen atoms in total. The minimum atomic E-state index is -0.634. The van der Waals surface area contributed by atoms with E-state index in [0.29, 0.717) is 5.69 Å². The number of piperidine rings is 1. The molecule has 9 heteroatoms. The lowest BCUT2D eigenvalue weighted by molar-refractivity contribution is -0.393. The normalized spacial score (nSPS) is 25.0. The van der Waals surface area contributed by atoms with Gasteiger partial charge in [-0.15, -0.1) is 0 Å². The molecule has 0 radical (unpaired) electrons. The number of anilines is 1. The number of rotatable bonds is 5. The zero-order valence-corrected chi connectivity index (χ0v) is 14.5. The second-order valence-electron chi connectivity index (χ2n) is 7.09. The molecule has 2 atom stereocenters. The Labute approximate surface area is 151 Å². The summed E-state index contributed by atoms with van der Waals surface area (Å²) in [4.78, 5) is 23.2. The number of benzene rings is 1. The Kier molecular flexibility index (Phi) is 5.67. The van der Waals surface area contributed by atoms with Crippen molar-refractivity contribution in [2.45, 2.75) is 56.7 Å². The van der Waals surface area contributed by atoms with Gasteiger partial charge in [0.25, 0.3) is 11.4 Å². The first-order valence-electron chi connectivity index (χ1n) is 9.07. The van der Waals surface area contributed by atoms with E-state index in [0.717, 1.165) is 57.7 Å². The molecule has 2 N–H and O–H groups in total. The maximum Gasteiger partial charge on any atom is 0.299 e. The smallest absolute Gasteiger partial charge is 0.299 e. The van der Waals surface area contributed by atoms with Gasteiger partial charge in [0.1, 0.15) is 5.69 Å². The maximum absolute atomic E-state index is 11.2. The van der Waals surface area contributed by atoms with Crippen LogP contribution in [0.3, 0.4) is 0 Å². The molecule has 3 rings (SSSR count). The van der Waals surface area contributed by atoms with E-state index in [4.69, 9.17) is 0 Å². The molecule has 1 heterocycles. The van der Waals surface area contributed by atoms with Crippen molar-refractivity contribution in [1.29, 1.82) is 0 Å². The number of non-ortho nitro benzene ring substituents is 1. The molecule has 1 saturated heterocycles. The molecule has 142 valence electrons. The number of nitro benzene ring substituents is 2. The van der Waals surface area contributed by atoms with Crippen LogP contribution in [0.4, 0.5) is 17.1 Å². The van der Waals surface area contributed by atoms with E-state index < -0.39 is 9.85 Å². The Balaban J connectivity index is 1.62. The highest BCUT2D eigenvalue weighted by Crippen LogP contribution is 2.31. The van der Waals surface area contributed by atoms with Crippen LogP contribution in [0.25, 0.3) is 0 Å². The largest absolute Gasteiger partial charge is 0.391 e. The zero-order chi connectivity index (χ0) is 18.7. The highest BCUT2D eigenvalue weighted by Gasteiger charge is 2.32. The van der Waals surface area contributed by atoms with Crippen LogP contribution in [-0.2, 0) is 0 Å². The summed E-state index contributed by atoms with van der Waals surface area (Å²) in [6, 6.07) is 3.98. The van der Waals surface area contributed by atoms with Crippen molar-refractivity contribution in [3.63, 3.8) is 0 Å². The number of nitrogens with one attached hydrogen (secondary N) is 1. The molecule has 0 aromatic heterocycles. The van der Waals surface area contributed by atoms with E-state index in [1.165, 1.54) is 12.1 Å². The fraction of sp³-hybridized carbons (Fsp3) is 0.647. The lowest BCUT2D eigenvalue weighted by Gasteiger charge is -2.41. The highest BCUT2D eigenvalue weighted by atomic mass is 16.6. The quantitative estimate of drug-likeness (QED) is 0.608. The summed E-state index contributed by atoms with van der Waals surface area (Å²) in [7, 11) is 0. The van der Waals surface area contributed by atoms with Crippen molar-refractivity contribution in [2.24, 2.45) is 0 Å². The van der Waals surface area contributed by atoms with Crippen LogP contribution in [-0.4, -0.2) is 51.1 Å². The van der Waals surface area contributed by atoms with Gasteiger partial charge in [-0.2, -0.15) is 0 Å².